The summed E-state index contributed by atoms with van der Waals surface area (Å²) in [4.78, 5) is 23.2. The molecule has 16 heavy (non-hydrogen) atoms. The summed E-state index contributed by atoms with van der Waals surface area (Å²) in [6.45, 7) is 1.36. The van der Waals surface area contributed by atoms with Crippen LogP contribution < -0.4 is 5.32 Å². The molecule has 0 aliphatic carbocycles. The smallest absolute Gasteiger partial charge is 0.328 e. The molecule has 0 spiro atoms. The van der Waals surface area contributed by atoms with Crippen molar-refractivity contribution in [3.8, 4) is 0 Å². The van der Waals surface area contributed by atoms with Crippen molar-refractivity contribution in [2.24, 2.45) is 0 Å². The van der Waals surface area contributed by atoms with Crippen molar-refractivity contribution in [1.29, 1.82) is 0 Å². The van der Waals surface area contributed by atoms with Crippen LogP contribution >= 0.6 is 22.9 Å². The Morgan fingerprint density at radius 3 is 2.69 bits per heavy atom. The summed E-state index contributed by atoms with van der Waals surface area (Å²) in [7, 11) is 1.29. The minimum Gasteiger partial charge on any atom is -0.467 e. The predicted octanol–water partition coefficient (Wildman–Crippen LogP) is 1.62. The van der Waals surface area contributed by atoms with Gasteiger partial charge in [-0.2, -0.15) is 0 Å². The zero-order valence-corrected chi connectivity index (χ0v) is 10.5. The van der Waals surface area contributed by atoms with E-state index in [-0.39, 0.29) is 5.91 Å². The Morgan fingerprint density at radius 2 is 2.25 bits per heavy atom. The molecule has 1 aromatic heterocycles. The zero-order chi connectivity index (χ0) is 12.1. The van der Waals surface area contributed by atoms with Crippen LogP contribution in [-0.2, 0) is 20.7 Å². The van der Waals surface area contributed by atoms with E-state index < -0.39 is 12.0 Å². The predicted molar refractivity (Wildman–Crippen MR) is 62.7 cm³/mol. The van der Waals surface area contributed by atoms with Gasteiger partial charge in [0.05, 0.1) is 11.4 Å². The van der Waals surface area contributed by atoms with Crippen LogP contribution in [0.5, 0.6) is 0 Å². The van der Waals surface area contributed by atoms with E-state index in [0.717, 1.165) is 4.88 Å². The summed E-state index contributed by atoms with van der Waals surface area (Å²) in [5, 5.41) is 2.54. The topological polar surface area (TPSA) is 55.4 Å². The van der Waals surface area contributed by atoms with E-state index in [1.807, 2.05) is 6.07 Å². The highest BCUT2D eigenvalue weighted by Gasteiger charge is 2.21. The molecule has 0 saturated heterocycles. The van der Waals surface area contributed by atoms with Crippen molar-refractivity contribution in [2.45, 2.75) is 19.4 Å². The molecule has 0 aliphatic rings. The van der Waals surface area contributed by atoms with Crippen LogP contribution in [0.3, 0.4) is 0 Å². The van der Waals surface area contributed by atoms with Crippen LogP contribution in [0.1, 0.15) is 11.8 Å². The molecule has 1 rings (SSSR count). The van der Waals surface area contributed by atoms with Gasteiger partial charge in [0.25, 0.3) is 0 Å². The van der Waals surface area contributed by atoms with Crippen molar-refractivity contribution in [2.75, 3.05) is 7.11 Å². The highest BCUT2D eigenvalue weighted by molar-refractivity contribution is 7.16. The molecule has 0 fully saturated rings. The van der Waals surface area contributed by atoms with Crippen molar-refractivity contribution < 1.29 is 14.3 Å². The highest BCUT2D eigenvalue weighted by atomic mass is 35.5. The number of carbonyl (C=O) groups excluding carboxylic acids is 2. The van der Waals surface area contributed by atoms with Crippen LogP contribution in [0.15, 0.2) is 12.1 Å². The number of amides is 1. The Kier molecular flexibility index (Phi) is 4.76. The quantitative estimate of drug-likeness (QED) is 0.838. The van der Waals surface area contributed by atoms with Crippen molar-refractivity contribution in [3.05, 3.63) is 21.3 Å². The van der Waals surface area contributed by atoms with Crippen molar-refractivity contribution >= 4 is 34.8 Å². The molecule has 4 nitrogen and oxygen atoms in total. The molecule has 1 unspecified atom stereocenters. The van der Waals surface area contributed by atoms with E-state index in [1.54, 1.807) is 6.07 Å². The molecule has 1 atom stereocenters. The van der Waals surface area contributed by atoms with Gasteiger partial charge in [0.2, 0.25) is 5.91 Å². The van der Waals surface area contributed by atoms with Gasteiger partial charge in [0.1, 0.15) is 6.04 Å². The maximum Gasteiger partial charge on any atom is 0.328 e. The normalized spacial score (nSPS) is 11.9. The van der Waals surface area contributed by atoms with Crippen molar-refractivity contribution in [1.82, 2.24) is 5.32 Å². The molecule has 0 saturated carbocycles. The first-order valence-corrected chi connectivity index (χ1v) is 5.81. The molecule has 1 amide bonds. The molecular weight excluding hydrogens is 250 g/mol. The summed E-state index contributed by atoms with van der Waals surface area (Å²) >= 11 is 7.16. The fraction of sp³-hybridized carbons (Fsp3) is 0.400. The number of halogens is 1. The van der Waals surface area contributed by atoms with Gasteiger partial charge in [-0.05, 0) is 12.1 Å². The monoisotopic (exact) mass is 261 g/mol. The Balaban J connectivity index is 2.70. The minimum absolute atomic E-state index is 0.266. The lowest BCUT2D eigenvalue weighted by Gasteiger charge is -2.14. The number of carbonyl (C=O) groups is 2. The lowest BCUT2D eigenvalue weighted by Crippen LogP contribution is -2.41. The maximum atomic E-state index is 11.4. The first-order valence-electron chi connectivity index (χ1n) is 4.62. The summed E-state index contributed by atoms with van der Waals surface area (Å²) in [5.41, 5.74) is 0. The molecule has 1 heterocycles. The van der Waals surface area contributed by atoms with Crippen LogP contribution in [0.4, 0.5) is 0 Å². The number of methoxy groups -OCH3 is 1. The van der Waals surface area contributed by atoms with Gasteiger partial charge >= 0.3 is 5.97 Å². The molecule has 6 heteroatoms. The molecule has 1 N–H and O–H groups in total. The van der Waals surface area contributed by atoms with Gasteiger partial charge < -0.3 is 10.1 Å². The maximum absolute atomic E-state index is 11.4. The number of rotatable bonds is 4. The number of hydrogen-bond donors (Lipinski definition) is 1. The Labute approximate surface area is 103 Å². The van der Waals surface area contributed by atoms with Gasteiger partial charge in [-0.15, -0.1) is 11.3 Å². The molecule has 0 aliphatic heterocycles. The van der Waals surface area contributed by atoms with Gasteiger partial charge in [-0.1, -0.05) is 11.6 Å². The van der Waals surface area contributed by atoms with Crippen LogP contribution in [0.2, 0.25) is 4.34 Å². The van der Waals surface area contributed by atoms with Crippen LogP contribution in [0.25, 0.3) is 0 Å². The fourth-order valence-electron chi connectivity index (χ4n) is 1.24. The van der Waals surface area contributed by atoms with Crippen molar-refractivity contribution in [3.63, 3.8) is 0 Å². The SMILES string of the molecule is COC(=O)C(Cc1ccc(Cl)s1)NC(C)=O. The second-order valence-electron chi connectivity index (χ2n) is 3.19. The van der Waals surface area contributed by atoms with Gasteiger partial charge in [-0.25, -0.2) is 4.79 Å². The standard InChI is InChI=1S/C10H12ClNO3S/c1-6(13)12-8(10(14)15-2)5-7-3-4-9(11)16-7/h3-4,8H,5H2,1-2H3,(H,12,13). The molecule has 0 radical (unpaired) electrons. The summed E-state index contributed by atoms with van der Waals surface area (Å²) in [6.07, 6.45) is 0.393. The van der Waals surface area contributed by atoms with E-state index >= 15 is 0 Å². The second kappa shape index (κ2) is 5.86. The third-order valence-corrected chi connectivity index (χ3v) is 3.15. The first kappa shape index (κ1) is 13.0. The molecule has 0 aromatic carbocycles. The summed E-state index contributed by atoms with van der Waals surface area (Å²) in [5.74, 6) is -0.724. The molecule has 0 bridgehead atoms. The second-order valence-corrected chi connectivity index (χ2v) is 4.99. The molecule has 88 valence electrons. The van der Waals surface area contributed by atoms with Crippen LogP contribution in [-0.4, -0.2) is 25.0 Å². The number of nitrogens with one attached hydrogen (secondary N) is 1. The number of ether oxygens (including phenoxy) is 1. The summed E-state index contributed by atoms with van der Waals surface area (Å²) in [6, 6.07) is 2.92. The number of esters is 1. The fourth-order valence-corrected chi connectivity index (χ4v) is 2.38. The Hall–Kier alpha value is -1.07. The zero-order valence-electron chi connectivity index (χ0n) is 8.95. The third kappa shape index (κ3) is 3.83. The van der Waals surface area contributed by atoms with E-state index in [9.17, 15) is 9.59 Å². The van der Waals surface area contributed by atoms with E-state index in [0.29, 0.717) is 10.8 Å². The van der Waals surface area contributed by atoms with E-state index in [2.05, 4.69) is 10.1 Å². The molecule has 1 aromatic rings. The summed E-state index contributed by atoms with van der Waals surface area (Å²) < 4.78 is 5.26. The van der Waals surface area contributed by atoms with Gasteiger partial charge in [0.15, 0.2) is 0 Å². The van der Waals surface area contributed by atoms with Gasteiger partial charge in [-0.3, -0.25) is 4.79 Å². The average molecular weight is 262 g/mol. The van der Waals surface area contributed by atoms with Crippen LogP contribution in [0, 0.1) is 0 Å². The van der Waals surface area contributed by atoms with E-state index in [4.69, 9.17) is 11.6 Å². The third-order valence-electron chi connectivity index (χ3n) is 1.90. The lowest BCUT2D eigenvalue weighted by molar-refractivity contribution is -0.144. The Bertz CT molecular complexity index is 391. The largest absolute Gasteiger partial charge is 0.467 e. The number of hydrogen-bond acceptors (Lipinski definition) is 4. The minimum atomic E-state index is -0.655. The number of thiophene rings is 1. The first-order chi connectivity index (χ1) is 7.52. The Morgan fingerprint density at radius 1 is 1.56 bits per heavy atom. The van der Waals surface area contributed by atoms with Gasteiger partial charge in [0, 0.05) is 18.2 Å². The van der Waals surface area contributed by atoms with E-state index in [1.165, 1.54) is 25.4 Å². The average Bonchev–Trinajstić information content (AvgIpc) is 2.61. The molecular formula is C10H12ClNO3S. The highest BCUT2D eigenvalue weighted by Crippen LogP contribution is 2.22. The lowest BCUT2D eigenvalue weighted by atomic mass is 10.2.